The molecule has 8 heteroatoms. The first-order valence-corrected chi connectivity index (χ1v) is 7.44. The van der Waals surface area contributed by atoms with Gasteiger partial charge in [-0.2, -0.15) is 13.2 Å². The molecule has 1 amide bonds. The van der Waals surface area contributed by atoms with Crippen molar-refractivity contribution >= 4 is 11.9 Å². The van der Waals surface area contributed by atoms with Gasteiger partial charge in [-0.05, 0) is 37.6 Å². The van der Waals surface area contributed by atoms with E-state index >= 15 is 0 Å². The van der Waals surface area contributed by atoms with Gasteiger partial charge >= 0.3 is 18.1 Å². The minimum Gasteiger partial charge on any atom is -0.497 e. The van der Waals surface area contributed by atoms with Crippen molar-refractivity contribution in [3.63, 3.8) is 0 Å². The lowest BCUT2D eigenvalue weighted by molar-refractivity contribution is -0.174. The van der Waals surface area contributed by atoms with Crippen LogP contribution in [-0.2, 0) is 14.3 Å². The van der Waals surface area contributed by atoms with Gasteiger partial charge in [0.05, 0.1) is 19.6 Å². The quantitative estimate of drug-likeness (QED) is 0.599. The molecule has 25 heavy (non-hydrogen) atoms. The standard InChI is InChI=1S/C17H20F3NO4/c1-11(2)7-8-25-15(22)10-14(21-16(23)17(18,19)20)12-5-4-6-13(9-12)24-3/h4-7,9,14H,8,10H2,1-3H3,(H,21,23). The monoisotopic (exact) mass is 359 g/mol. The molecule has 0 radical (unpaired) electrons. The highest BCUT2D eigenvalue weighted by Crippen LogP contribution is 2.24. The summed E-state index contributed by atoms with van der Waals surface area (Å²) >= 11 is 0. The molecule has 5 nitrogen and oxygen atoms in total. The van der Waals surface area contributed by atoms with Gasteiger partial charge in [-0.25, -0.2) is 0 Å². The fraction of sp³-hybridized carbons (Fsp3) is 0.412. The van der Waals surface area contributed by atoms with Gasteiger partial charge in [-0.3, -0.25) is 9.59 Å². The van der Waals surface area contributed by atoms with Crippen LogP contribution < -0.4 is 10.1 Å². The zero-order valence-corrected chi connectivity index (χ0v) is 14.1. The van der Waals surface area contributed by atoms with Gasteiger partial charge in [0.2, 0.25) is 0 Å². The van der Waals surface area contributed by atoms with Gasteiger partial charge in [-0.15, -0.1) is 0 Å². The number of rotatable bonds is 7. The number of alkyl halides is 3. The number of hydrogen-bond donors (Lipinski definition) is 1. The fourth-order valence-electron chi connectivity index (χ4n) is 1.88. The van der Waals surface area contributed by atoms with Crippen molar-refractivity contribution in [2.24, 2.45) is 0 Å². The molecule has 0 aliphatic carbocycles. The van der Waals surface area contributed by atoms with Crippen LogP contribution in [0.25, 0.3) is 0 Å². The minimum absolute atomic E-state index is 0.0131. The van der Waals surface area contributed by atoms with Crippen molar-refractivity contribution in [1.82, 2.24) is 5.32 Å². The van der Waals surface area contributed by atoms with Crippen molar-refractivity contribution in [2.75, 3.05) is 13.7 Å². The third-order valence-electron chi connectivity index (χ3n) is 3.17. The fourth-order valence-corrected chi connectivity index (χ4v) is 1.88. The second-order valence-electron chi connectivity index (χ2n) is 5.47. The van der Waals surface area contributed by atoms with E-state index in [4.69, 9.17) is 9.47 Å². The number of ether oxygens (including phenoxy) is 2. The number of halogens is 3. The molecule has 0 saturated heterocycles. The van der Waals surface area contributed by atoms with Crippen molar-refractivity contribution in [1.29, 1.82) is 0 Å². The van der Waals surface area contributed by atoms with Crippen LogP contribution in [0.5, 0.6) is 5.75 Å². The normalized spacial score (nSPS) is 12.1. The summed E-state index contributed by atoms with van der Waals surface area (Å²) in [5.74, 6) is -2.47. The van der Waals surface area contributed by atoms with E-state index < -0.39 is 30.5 Å². The molecule has 1 aromatic carbocycles. The number of allylic oxidation sites excluding steroid dienone is 1. The Bertz CT molecular complexity index is 637. The molecule has 0 aromatic heterocycles. The maximum atomic E-state index is 12.5. The van der Waals surface area contributed by atoms with Gasteiger partial charge < -0.3 is 14.8 Å². The topological polar surface area (TPSA) is 64.6 Å². The number of carbonyl (C=O) groups excluding carboxylic acids is 2. The lowest BCUT2D eigenvalue weighted by Crippen LogP contribution is -2.40. The number of methoxy groups -OCH3 is 1. The Balaban J connectivity index is 2.92. The molecule has 1 aromatic rings. The molecule has 138 valence electrons. The molecule has 0 aliphatic heterocycles. The Morgan fingerprint density at radius 2 is 1.96 bits per heavy atom. The Morgan fingerprint density at radius 1 is 1.28 bits per heavy atom. The summed E-state index contributed by atoms with van der Waals surface area (Å²) in [5, 5.41) is 1.82. The minimum atomic E-state index is -5.05. The molecule has 1 unspecified atom stereocenters. The molecule has 0 spiro atoms. The summed E-state index contributed by atoms with van der Waals surface area (Å²) in [6, 6.07) is 4.90. The van der Waals surface area contributed by atoms with E-state index in [1.807, 2.05) is 19.2 Å². The van der Waals surface area contributed by atoms with Crippen LogP contribution in [0.15, 0.2) is 35.9 Å². The average Bonchev–Trinajstić information content (AvgIpc) is 2.53. The molecule has 1 atom stereocenters. The number of benzene rings is 1. The lowest BCUT2D eigenvalue weighted by atomic mass is 10.0. The SMILES string of the molecule is COc1cccc(C(CC(=O)OCC=C(C)C)NC(=O)C(F)(F)F)c1. The zero-order valence-electron chi connectivity index (χ0n) is 14.1. The smallest absolute Gasteiger partial charge is 0.471 e. The zero-order chi connectivity index (χ0) is 19.0. The summed E-state index contributed by atoms with van der Waals surface area (Å²) in [6.45, 7) is 3.64. The first-order valence-electron chi connectivity index (χ1n) is 7.44. The first kappa shape index (κ1) is 20.5. The third-order valence-corrected chi connectivity index (χ3v) is 3.17. The van der Waals surface area contributed by atoms with Crippen LogP contribution in [0.1, 0.15) is 31.9 Å². The van der Waals surface area contributed by atoms with Crippen LogP contribution in [0.3, 0.4) is 0 Å². The van der Waals surface area contributed by atoms with Crippen molar-refractivity contribution in [3.8, 4) is 5.75 Å². The summed E-state index contributed by atoms with van der Waals surface area (Å²) in [4.78, 5) is 23.1. The van der Waals surface area contributed by atoms with E-state index in [-0.39, 0.29) is 6.61 Å². The Morgan fingerprint density at radius 3 is 2.52 bits per heavy atom. The molecule has 1 N–H and O–H groups in total. The Hall–Kier alpha value is -2.51. The number of hydrogen-bond acceptors (Lipinski definition) is 4. The highest BCUT2D eigenvalue weighted by molar-refractivity contribution is 5.83. The summed E-state index contributed by atoms with van der Waals surface area (Å²) in [7, 11) is 1.40. The molecule has 0 aliphatic rings. The highest BCUT2D eigenvalue weighted by Gasteiger charge is 2.40. The maximum Gasteiger partial charge on any atom is 0.471 e. The summed E-state index contributed by atoms with van der Waals surface area (Å²) in [5.41, 5.74) is 1.23. The molecule has 1 rings (SSSR count). The van der Waals surface area contributed by atoms with Gasteiger partial charge in [0.1, 0.15) is 12.4 Å². The second-order valence-corrected chi connectivity index (χ2v) is 5.47. The summed E-state index contributed by atoms with van der Waals surface area (Å²) in [6.07, 6.45) is -3.83. The van der Waals surface area contributed by atoms with E-state index in [0.29, 0.717) is 11.3 Å². The van der Waals surface area contributed by atoms with E-state index in [1.54, 1.807) is 18.2 Å². The van der Waals surface area contributed by atoms with Crippen molar-refractivity contribution in [3.05, 3.63) is 41.5 Å². The van der Waals surface area contributed by atoms with Gasteiger partial charge in [-0.1, -0.05) is 17.7 Å². The molecular formula is C17H20F3NO4. The Kier molecular flexibility index (Phi) is 7.47. The van der Waals surface area contributed by atoms with E-state index in [2.05, 4.69) is 0 Å². The predicted molar refractivity (Wildman–Crippen MR) is 84.9 cm³/mol. The first-order chi connectivity index (χ1) is 11.6. The van der Waals surface area contributed by atoms with Gasteiger partial charge in [0.25, 0.3) is 0 Å². The number of esters is 1. The van der Waals surface area contributed by atoms with E-state index in [1.165, 1.54) is 19.2 Å². The highest BCUT2D eigenvalue weighted by atomic mass is 19.4. The maximum absolute atomic E-state index is 12.5. The van der Waals surface area contributed by atoms with Crippen LogP contribution in [0, 0.1) is 0 Å². The number of amides is 1. The predicted octanol–water partition coefficient (Wildman–Crippen LogP) is 3.31. The average molecular weight is 359 g/mol. The molecule has 0 fully saturated rings. The van der Waals surface area contributed by atoms with E-state index in [9.17, 15) is 22.8 Å². The van der Waals surface area contributed by atoms with Crippen LogP contribution in [0.2, 0.25) is 0 Å². The number of nitrogens with one attached hydrogen (secondary N) is 1. The molecular weight excluding hydrogens is 339 g/mol. The van der Waals surface area contributed by atoms with Crippen molar-refractivity contribution in [2.45, 2.75) is 32.5 Å². The van der Waals surface area contributed by atoms with E-state index in [0.717, 1.165) is 5.57 Å². The lowest BCUT2D eigenvalue weighted by Gasteiger charge is -2.20. The molecule has 0 saturated carbocycles. The third kappa shape index (κ3) is 7.28. The second kappa shape index (κ2) is 9.10. The van der Waals surface area contributed by atoms with Crippen LogP contribution >= 0.6 is 0 Å². The van der Waals surface area contributed by atoms with Gasteiger partial charge in [0, 0.05) is 0 Å². The van der Waals surface area contributed by atoms with Crippen LogP contribution in [-0.4, -0.2) is 31.8 Å². The summed E-state index contributed by atoms with van der Waals surface area (Å²) < 4.78 is 47.6. The molecule has 0 heterocycles. The number of carbonyl (C=O) groups is 2. The molecule has 0 bridgehead atoms. The van der Waals surface area contributed by atoms with Crippen molar-refractivity contribution < 1.29 is 32.2 Å². The van der Waals surface area contributed by atoms with Gasteiger partial charge in [0.15, 0.2) is 0 Å². The Labute approximate surface area is 143 Å². The van der Waals surface area contributed by atoms with Crippen LogP contribution in [0.4, 0.5) is 13.2 Å². The largest absolute Gasteiger partial charge is 0.497 e.